The zero-order valence-corrected chi connectivity index (χ0v) is 14.3. The Bertz CT molecular complexity index is 577. The second-order valence-corrected chi connectivity index (χ2v) is 6.81. The molecule has 22 heavy (non-hydrogen) atoms. The number of aromatic nitrogens is 1. The highest BCUT2D eigenvalue weighted by molar-refractivity contribution is 6.56. The zero-order chi connectivity index (χ0) is 16.5. The van der Waals surface area contributed by atoms with E-state index < -0.39 is 24.3 Å². The Hall–Kier alpha value is -0.945. The summed E-state index contributed by atoms with van der Waals surface area (Å²) in [6, 6.07) is 1.53. The van der Waals surface area contributed by atoms with Crippen molar-refractivity contribution in [3.63, 3.8) is 0 Å². The van der Waals surface area contributed by atoms with Crippen LogP contribution in [0.5, 0.6) is 0 Å². The molecule has 0 aromatic carbocycles. The average molecular weight is 327 g/mol. The van der Waals surface area contributed by atoms with Crippen molar-refractivity contribution in [2.24, 2.45) is 0 Å². The third kappa shape index (κ3) is 3.51. The second-order valence-electron chi connectivity index (χ2n) is 6.37. The first kappa shape index (κ1) is 17.4. The maximum atomic E-state index is 13.8. The minimum Gasteiger partial charge on any atom is -0.400 e. The minimum atomic E-state index is -0.575. The molecule has 1 aliphatic rings. The van der Waals surface area contributed by atoms with Crippen molar-refractivity contribution in [3.8, 4) is 0 Å². The number of nitrogens with one attached hydrogen (secondary N) is 1. The molecule has 0 unspecified atom stereocenters. The van der Waals surface area contributed by atoms with Gasteiger partial charge in [-0.15, -0.1) is 0 Å². The number of rotatable bonds is 4. The van der Waals surface area contributed by atoms with Gasteiger partial charge >= 0.3 is 7.12 Å². The van der Waals surface area contributed by atoms with Crippen molar-refractivity contribution in [1.29, 1.82) is 0 Å². The van der Waals surface area contributed by atoms with E-state index in [0.717, 1.165) is 5.47 Å². The van der Waals surface area contributed by atoms with Crippen molar-refractivity contribution >= 4 is 24.8 Å². The Balaban J connectivity index is 2.35. The summed E-state index contributed by atoms with van der Waals surface area (Å²) >= 11 is 5.89. The fraction of sp³-hybridized carbons (Fsp3) is 0.533. The normalized spacial score (nSPS) is 20.5. The summed E-state index contributed by atoms with van der Waals surface area (Å²) in [5.41, 5.74) is 0.196. The van der Waals surface area contributed by atoms with Gasteiger partial charge in [-0.3, -0.25) is 0 Å². The molecule has 7 heteroatoms. The van der Waals surface area contributed by atoms with Crippen LogP contribution >= 0.6 is 11.6 Å². The minimum absolute atomic E-state index is 0.312. The summed E-state index contributed by atoms with van der Waals surface area (Å²) in [5.74, 6) is -0.575. The van der Waals surface area contributed by atoms with Crippen LogP contribution in [0.4, 0.5) is 4.39 Å². The zero-order valence-electron chi connectivity index (χ0n) is 13.5. The lowest BCUT2D eigenvalue weighted by Gasteiger charge is -2.32. The molecule has 0 aliphatic carbocycles. The largest absolute Gasteiger partial charge is 0.491 e. The van der Waals surface area contributed by atoms with E-state index in [4.69, 9.17) is 20.9 Å². The molecule has 120 valence electrons. The third-order valence-electron chi connectivity index (χ3n) is 4.11. The lowest BCUT2D eigenvalue weighted by atomic mass is 9.77. The number of nitrogens with zero attached hydrogens (tertiary/aromatic N) is 1. The van der Waals surface area contributed by atoms with E-state index in [2.05, 4.69) is 10.3 Å². The first-order valence-corrected chi connectivity index (χ1v) is 7.56. The third-order valence-corrected chi connectivity index (χ3v) is 4.32. The fourth-order valence-corrected chi connectivity index (χ4v) is 2.31. The van der Waals surface area contributed by atoms with E-state index in [1.54, 1.807) is 6.08 Å². The van der Waals surface area contributed by atoms with Crippen molar-refractivity contribution in [1.82, 2.24) is 10.3 Å². The number of hydrogen-bond acceptors (Lipinski definition) is 4. The standard InChI is InChI=1S/C15H21BClFN2O2/c1-14(2)15(3,4)22-16(21-14)11(8-19-5)6-10-7-12(17)9-20-13(10)18/h6-7,9,19H,8H2,1-5H3. The van der Waals surface area contributed by atoms with E-state index >= 15 is 0 Å². The van der Waals surface area contributed by atoms with Gasteiger partial charge in [0.05, 0.1) is 16.2 Å². The molecule has 1 aromatic rings. The summed E-state index contributed by atoms with van der Waals surface area (Å²) in [5, 5.41) is 3.43. The molecule has 0 saturated carbocycles. The fourth-order valence-electron chi connectivity index (χ4n) is 2.14. The van der Waals surface area contributed by atoms with Crippen LogP contribution in [-0.2, 0) is 9.31 Å². The maximum absolute atomic E-state index is 13.8. The van der Waals surface area contributed by atoms with Gasteiger partial charge in [0.25, 0.3) is 0 Å². The Labute approximate surface area is 136 Å². The Morgan fingerprint density at radius 3 is 2.50 bits per heavy atom. The average Bonchev–Trinajstić information content (AvgIpc) is 2.62. The highest BCUT2D eigenvalue weighted by Crippen LogP contribution is 2.38. The molecule has 1 aromatic heterocycles. The van der Waals surface area contributed by atoms with E-state index in [1.165, 1.54) is 12.3 Å². The number of hydrogen-bond donors (Lipinski definition) is 1. The van der Waals surface area contributed by atoms with Gasteiger partial charge in [-0.05, 0) is 46.3 Å². The van der Waals surface area contributed by atoms with Gasteiger partial charge in [0.15, 0.2) is 0 Å². The van der Waals surface area contributed by atoms with Crippen molar-refractivity contribution < 1.29 is 13.7 Å². The molecule has 0 atom stereocenters. The van der Waals surface area contributed by atoms with E-state index in [-0.39, 0.29) is 0 Å². The SMILES string of the molecule is CNCC(=Cc1cc(Cl)cnc1F)B1OC(C)(C)C(C)(C)O1. The highest BCUT2D eigenvalue weighted by Gasteiger charge is 2.52. The molecule has 0 radical (unpaired) electrons. The highest BCUT2D eigenvalue weighted by atomic mass is 35.5. The quantitative estimate of drug-likeness (QED) is 0.682. The number of halogens is 2. The first-order chi connectivity index (χ1) is 10.2. The van der Waals surface area contributed by atoms with Gasteiger partial charge < -0.3 is 14.6 Å². The summed E-state index contributed by atoms with van der Waals surface area (Å²) in [7, 11) is 1.27. The molecular formula is C15H21BClFN2O2. The van der Waals surface area contributed by atoms with Crippen LogP contribution in [0.25, 0.3) is 6.08 Å². The molecule has 0 bridgehead atoms. The molecule has 1 saturated heterocycles. The molecule has 4 nitrogen and oxygen atoms in total. The van der Waals surface area contributed by atoms with Crippen LogP contribution in [0.2, 0.25) is 5.02 Å². The predicted octanol–water partition coefficient (Wildman–Crippen LogP) is 3.11. The van der Waals surface area contributed by atoms with E-state index in [1.807, 2.05) is 34.7 Å². The molecular weight excluding hydrogens is 305 g/mol. The summed E-state index contributed by atoms with van der Waals surface area (Å²) < 4.78 is 25.9. The van der Waals surface area contributed by atoms with Crippen LogP contribution in [0.1, 0.15) is 33.3 Å². The molecule has 1 aliphatic heterocycles. The number of pyridine rings is 1. The first-order valence-electron chi connectivity index (χ1n) is 7.18. The molecule has 0 amide bonds. The van der Waals surface area contributed by atoms with Crippen LogP contribution in [0.15, 0.2) is 17.7 Å². The Morgan fingerprint density at radius 2 is 1.95 bits per heavy atom. The smallest absolute Gasteiger partial charge is 0.400 e. The van der Waals surface area contributed by atoms with Gasteiger partial charge in [0.2, 0.25) is 5.95 Å². The van der Waals surface area contributed by atoms with E-state index in [9.17, 15) is 4.39 Å². The summed E-state index contributed by atoms with van der Waals surface area (Å²) in [6.45, 7) is 8.41. The predicted molar refractivity (Wildman–Crippen MR) is 87.2 cm³/mol. The summed E-state index contributed by atoms with van der Waals surface area (Å²) in [4.78, 5) is 3.63. The van der Waals surface area contributed by atoms with Crippen LogP contribution in [0, 0.1) is 5.95 Å². The van der Waals surface area contributed by atoms with Crippen molar-refractivity contribution in [2.45, 2.75) is 38.9 Å². The lowest BCUT2D eigenvalue weighted by Crippen LogP contribution is -2.41. The maximum Gasteiger partial charge on any atom is 0.491 e. The second kappa shape index (κ2) is 6.28. The Kier molecular flexibility index (Phi) is 4.97. The van der Waals surface area contributed by atoms with Crippen LogP contribution < -0.4 is 5.32 Å². The molecule has 0 spiro atoms. The molecule has 2 heterocycles. The van der Waals surface area contributed by atoms with Crippen LogP contribution in [-0.4, -0.2) is 36.9 Å². The number of likely N-dealkylation sites (N-methyl/N-ethyl adjacent to an activating group) is 1. The monoisotopic (exact) mass is 326 g/mol. The van der Waals surface area contributed by atoms with Gasteiger partial charge in [0, 0.05) is 18.3 Å². The topological polar surface area (TPSA) is 43.4 Å². The van der Waals surface area contributed by atoms with E-state index in [0.29, 0.717) is 17.1 Å². The van der Waals surface area contributed by atoms with Gasteiger partial charge in [-0.25, -0.2) is 4.98 Å². The van der Waals surface area contributed by atoms with Gasteiger partial charge in [-0.1, -0.05) is 17.7 Å². The van der Waals surface area contributed by atoms with Gasteiger partial charge in [-0.2, -0.15) is 4.39 Å². The molecule has 1 fully saturated rings. The lowest BCUT2D eigenvalue weighted by molar-refractivity contribution is 0.00578. The van der Waals surface area contributed by atoms with Crippen molar-refractivity contribution in [3.05, 3.63) is 34.3 Å². The van der Waals surface area contributed by atoms with Gasteiger partial charge in [0.1, 0.15) is 0 Å². The molecule has 1 N–H and O–H groups in total. The van der Waals surface area contributed by atoms with Crippen molar-refractivity contribution in [2.75, 3.05) is 13.6 Å². The molecule has 2 rings (SSSR count). The summed E-state index contributed by atoms with van der Waals surface area (Å²) in [6.07, 6.45) is 2.95. The Morgan fingerprint density at radius 1 is 1.36 bits per heavy atom. The van der Waals surface area contributed by atoms with Crippen LogP contribution in [0.3, 0.4) is 0 Å².